The molecule has 1 aromatic rings. The number of nitrogens with zero attached hydrogens (tertiary/aromatic N) is 1. The van der Waals surface area contributed by atoms with Gasteiger partial charge in [-0.1, -0.05) is 0 Å². The number of carbonyl (C=O) groups excluding carboxylic acids is 1. The van der Waals surface area contributed by atoms with E-state index in [4.69, 9.17) is 4.74 Å². The Labute approximate surface area is 90.4 Å². The third kappa shape index (κ3) is 2.02. The Kier molecular flexibility index (Phi) is 3.29. The minimum absolute atomic E-state index is 0.0479. The molecule has 0 aromatic heterocycles. The van der Waals surface area contributed by atoms with Crippen molar-refractivity contribution in [3.05, 3.63) is 27.8 Å². The van der Waals surface area contributed by atoms with Gasteiger partial charge in [0.25, 0.3) is 0 Å². The van der Waals surface area contributed by atoms with Crippen LogP contribution in [-0.4, -0.2) is 25.1 Å². The number of nitro benzene ring substituents is 1. The van der Waals surface area contributed by atoms with Crippen molar-refractivity contribution in [3.63, 3.8) is 0 Å². The third-order valence-electron chi connectivity index (χ3n) is 1.90. The van der Waals surface area contributed by atoms with Crippen LogP contribution < -0.4 is 14.6 Å². The van der Waals surface area contributed by atoms with E-state index in [1.807, 2.05) is 0 Å². The predicted molar refractivity (Wildman–Crippen MR) is 50.5 cm³/mol. The summed E-state index contributed by atoms with van der Waals surface area (Å²) < 4.78 is 9.42. The molecular formula is C9H8NO6-. The Balaban J connectivity index is 3.52. The van der Waals surface area contributed by atoms with Crippen molar-refractivity contribution in [3.8, 4) is 11.5 Å². The second-order valence-electron chi connectivity index (χ2n) is 2.77. The molecule has 0 aliphatic rings. The predicted octanol–water partition coefficient (Wildman–Crippen LogP) is -0.0245. The molecule has 0 spiro atoms. The first kappa shape index (κ1) is 11.8. The van der Waals surface area contributed by atoms with Crippen molar-refractivity contribution in [2.24, 2.45) is 0 Å². The lowest BCUT2D eigenvalue weighted by Crippen LogP contribution is -2.23. The second-order valence-corrected chi connectivity index (χ2v) is 2.77. The van der Waals surface area contributed by atoms with Crippen LogP contribution in [0.25, 0.3) is 0 Å². The van der Waals surface area contributed by atoms with Gasteiger partial charge >= 0.3 is 5.69 Å². The summed E-state index contributed by atoms with van der Waals surface area (Å²) in [5.41, 5.74) is -0.908. The zero-order chi connectivity index (χ0) is 12.3. The molecule has 0 saturated carbocycles. The van der Waals surface area contributed by atoms with Gasteiger partial charge < -0.3 is 19.4 Å². The molecule has 7 nitrogen and oxygen atoms in total. The number of aromatic carboxylic acids is 1. The van der Waals surface area contributed by atoms with Crippen LogP contribution in [0.15, 0.2) is 12.1 Å². The highest BCUT2D eigenvalue weighted by molar-refractivity contribution is 5.91. The van der Waals surface area contributed by atoms with Gasteiger partial charge in [0, 0.05) is 0 Å². The number of methoxy groups -OCH3 is 2. The van der Waals surface area contributed by atoms with E-state index in [1.54, 1.807) is 0 Å². The molecule has 0 fully saturated rings. The highest BCUT2D eigenvalue weighted by Gasteiger charge is 2.21. The number of nitro groups is 1. The van der Waals surface area contributed by atoms with Gasteiger partial charge in [0.2, 0.25) is 5.75 Å². The molecule has 7 heteroatoms. The summed E-state index contributed by atoms with van der Waals surface area (Å²) in [5.74, 6) is -1.88. The van der Waals surface area contributed by atoms with Gasteiger partial charge in [-0.15, -0.1) is 0 Å². The smallest absolute Gasteiger partial charge is 0.315 e. The van der Waals surface area contributed by atoms with Gasteiger partial charge in [-0.2, -0.15) is 0 Å². The Morgan fingerprint density at radius 3 is 2.31 bits per heavy atom. The number of carbonyl (C=O) groups is 1. The molecule has 86 valence electrons. The number of benzene rings is 1. The van der Waals surface area contributed by atoms with E-state index in [9.17, 15) is 20.0 Å². The van der Waals surface area contributed by atoms with Crippen molar-refractivity contribution in [2.75, 3.05) is 14.2 Å². The quantitative estimate of drug-likeness (QED) is 0.528. The number of rotatable bonds is 4. The maximum absolute atomic E-state index is 10.8. The fourth-order valence-electron chi connectivity index (χ4n) is 1.21. The van der Waals surface area contributed by atoms with Crippen molar-refractivity contribution in [1.82, 2.24) is 0 Å². The van der Waals surface area contributed by atoms with E-state index >= 15 is 0 Å². The van der Waals surface area contributed by atoms with Gasteiger partial charge in [-0.25, -0.2) is 0 Å². The van der Waals surface area contributed by atoms with E-state index in [-0.39, 0.29) is 11.5 Å². The molecule has 0 N–H and O–H groups in total. The van der Waals surface area contributed by atoms with Crippen molar-refractivity contribution in [1.29, 1.82) is 0 Å². The molecule has 0 atom stereocenters. The molecule has 0 unspecified atom stereocenters. The number of ether oxygens (including phenoxy) is 2. The summed E-state index contributed by atoms with van der Waals surface area (Å²) in [6, 6.07) is 2.17. The summed E-state index contributed by atoms with van der Waals surface area (Å²) in [6.45, 7) is 0. The highest BCUT2D eigenvalue weighted by atomic mass is 16.6. The SMILES string of the molecule is COc1cc(C(=O)[O-])c(OC)c([N+](=O)[O-])c1. The van der Waals surface area contributed by atoms with Crippen molar-refractivity contribution >= 4 is 11.7 Å². The second kappa shape index (κ2) is 4.47. The molecule has 0 saturated heterocycles. The standard InChI is InChI=1S/C9H9NO6/c1-15-5-3-6(9(11)12)8(16-2)7(4-5)10(13)14/h3-4H,1-2H3,(H,11,12)/p-1. The van der Waals surface area contributed by atoms with Crippen LogP contribution in [0.5, 0.6) is 11.5 Å². The third-order valence-corrected chi connectivity index (χ3v) is 1.90. The van der Waals surface area contributed by atoms with Crippen LogP contribution in [0, 0.1) is 10.1 Å². The zero-order valence-corrected chi connectivity index (χ0v) is 8.55. The molecule has 1 aromatic carbocycles. The fraction of sp³-hybridized carbons (Fsp3) is 0.222. The first-order chi connectivity index (χ1) is 7.51. The van der Waals surface area contributed by atoms with E-state index < -0.39 is 22.1 Å². The first-order valence-electron chi connectivity index (χ1n) is 4.13. The average molecular weight is 226 g/mol. The summed E-state index contributed by atoms with van der Waals surface area (Å²) >= 11 is 0. The number of carboxylic acid groups (broad SMARTS) is 1. The van der Waals surface area contributed by atoms with Crippen LogP contribution in [0.1, 0.15) is 10.4 Å². The lowest BCUT2D eigenvalue weighted by molar-refractivity contribution is -0.385. The fourth-order valence-corrected chi connectivity index (χ4v) is 1.21. The van der Waals surface area contributed by atoms with Gasteiger partial charge in [0.1, 0.15) is 5.75 Å². The molecule has 0 aliphatic heterocycles. The normalized spacial score (nSPS) is 9.62. The monoisotopic (exact) mass is 226 g/mol. The molecule has 0 heterocycles. The Bertz CT molecular complexity index is 407. The van der Waals surface area contributed by atoms with E-state index in [2.05, 4.69) is 4.74 Å². The molecule has 0 aliphatic carbocycles. The lowest BCUT2D eigenvalue weighted by atomic mass is 10.1. The van der Waals surface area contributed by atoms with Crippen molar-refractivity contribution < 1.29 is 24.3 Å². The summed E-state index contributed by atoms with van der Waals surface area (Å²) in [6.07, 6.45) is 0. The summed E-state index contributed by atoms with van der Waals surface area (Å²) in [7, 11) is 2.41. The average Bonchev–Trinajstić information content (AvgIpc) is 2.26. The minimum Gasteiger partial charge on any atom is -0.545 e. The van der Waals surface area contributed by atoms with Crippen LogP contribution in [0.2, 0.25) is 0 Å². The van der Waals surface area contributed by atoms with Gasteiger partial charge in [0.15, 0.2) is 0 Å². The summed E-state index contributed by atoms with van der Waals surface area (Å²) in [5, 5.41) is 21.4. The van der Waals surface area contributed by atoms with Gasteiger partial charge in [-0.05, 0) is 6.07 Å². The maximum atomic E-state index is 10.8. The topological polar surface area (TPSA) is 102 Å². The van der Waals surface area contributed by atoms with Gasteiger partial charge in [-0.3, -0.25) is 10.1 Å². The van der Waals surface area contributed by atoms with Crippen LogP contribution in [0.4, 0.5) is 5.69 Å². The largest absolute Gasteiger partial charge is 0.545 e. The number of carboxylic acids is 1. The number of hydrogen-bond donors (Lipinski definition) is 0. The van der Waals surface area contributed by atoms with Gasteiger partial charge in [0.05, 0.1) is 36.7 Å². The Morgan fingerprint density at radius 2 is 1.94 bits per heavy atom. The van der Waals surface area contributed by atoms with E-state index in [0.717, 1.165) is 19.2 Å². The maximum Gasteiger partial charge on any atom is 0.315 e. The van der Waals surface area contributed by atoms with Crippen LogP contribution in [-0.2, 0) is 0 Å². The zero-order valence-electron chi connectivity index (χ0n) is 8.55. The number of hydrogen-bond acceptors (Lipinski definition) is 6. The highest BCUT2D eigenvalue weighted by Crippen LogP contribution is 2.34. The first-order valence-corrected chi connectivity index (χ1v) is 4.13. The Hall–Kier alpha value is -2.31. The van der Waals surface area contributed by atoms with E-state index in [1.165, 1.54) is 7.11 Å². The molecular weight excluding hydrogens is 218 g/mol. The van der Waals surface area contributed by atoms with E-state index in [0.29, 0.717) is 0 Å². The summed E-state index contributed by atoms with van der Waals surface area (Å²) in [4.78, 5) is 20.7. The van der Waals surface area contributed by atoms with Crippen molar-refractivity contribution in [2.45, 2.75) is 0 Å². The van der Waals surface area contributed by atoms with Crippen LogP contribution >= 0.6 is 0 Å². The molecule has 0 amide bonds. The van der Waals surface area contributed by atoms with Crippen LogP contribution in [0.3, 0.4) is 0 Å². The lowest BCUT2D eigenvalue weighted by Gasteiger charge is -2.11. The molecule has 0 radical (unpaired) electrons. The molecule has 16 heavy (non-hydrogen) atoms. The molecule has 1 rings (SSSR count). The Morgan fingerprint density at radius 1 is 1.31 bits per heavy atom. The molecule has 0 bridgehead atoms. The minimum atomic E-state index is -1.57.